The number of aliphatic imine (C=N–C) groups is 1. The molecule has 1 atom stereocenters. The van der Waals surface area contributed by atoms with Gasteiger partial charge >= 0.3 is 0 Å². The van der Waals surface area contributed by atoms with Crippen LogP contribution in [0.2, 0.25) is 0 Å². The van der Waals surface area contributed by atoms with Crippen molar-refractivity contribution in [3.8, 4) is 0 Å². The van der Waals surface area contributed by atoms with Crippen molar-refractivity contribution in [2.24, 2.45) is 10.7 Å². The van der Waals surface area contributed by atoms with Gasteiger partial charge in [-0.3, -0.25) is 9.55 Å². The Kier molecular flexibility index (Phi) is 5.80. The number of thioether (sulfide) groups is 1. The maximum absolute atomic E-state index is 10.5. The van der Waals surface area contributed by atoms with E-state index in [1.807, 2.05) is 13.2 Å². The molecule has 1 aromatic rings. The van der Waals surface area contributed by atoms with E-state index in [1.165, 1.54) is 12.1 Å². The fraction of sp³-hybridized carbons (Fsp3) is 0.364. The minimum Gasteiger partial charge on any atom is -0.348 e. The van der Waals surface area contributed by atoms with Gasteiger partial charge in [0.25, 0.3) is 10.1 Å². The predicted molar refractivity (Wildman–Crippen MR) is 77.9 cm³/mol. The van der Waals surface area contributed by atoms with E-state index in [2.05, 4.69) is 10.3 Å². The number of rotatable bonds is 1. The summed E-state index contributed by atoms with van der Waals surface area (Å²) >= 11 is 1.60. The Bertz CT molecular complexity index is 541. The summed E-state index contributed by atoms with van der Waals surface area (Å²) in [6.45, 7) is 2.56. The minimum absolute atomic E-state index is 0.0532. The molecule has 106 valence electrons. The third kappa shape index (κ3) is 5.60. The minimum atomic E-state index is -4.02. The first kappa shape index (κ1) is 16.0. The molecule has 0 aromatic heterocycles. The Balaban J connectivity index is 0.000000200. The number of benzene rings is 1. The van der Waals surface area contributed by atoms with Crippen molar-refractivity contribution < 1.29 is 13.0 Å². The van der Waals surface area contributed by atoms with Gasteiger partial charge in [0.2, 0.25) is 0 Å². The van der Waals surface area contributed by atoms with Crippen LogP contribution in [-0.4, -0.2) is 37.1 Å². The van der Waals surface area contributed by atoms with E-state index >= 15 is 0 Å². The van der Waals surface area contributed by atoms with E-state index in [-0.39, 0.29) is 11.1 Å². The molecule has 4 N–H and O–H groups in total. The number of nitrogens with one attached hydrogen (secondary N) is 1. The zero-order valence-electron chi connectivity index (χ0n) is 10.7. The van der Waals surface area contributed by atoms with Crippen LogP contribution in [0.1, 0.15) is 5.56 Å². The summed E-state index contributed by atoms with van der Waals surface area (Å²) in [6, 6.07) is 5.99. The van der Waals surface area contributed by atoms with Crippen molar-refractivity contribution in [3.63, 3.8) is 0 Å². The van der Waals surface area contributed by atoms with Gasteiger partial charge in [0, 0.05) is 0 Å². The lowest BCUT2D eigenvalue weighted by atomic mass is 10.2. The number of aryl methyl sites for hydroxylation is 1. The number of hydrogen-bond donors (Lipinski definition) is 3. The fourth-order valence-corrected chi connectivity index (χ4v) is 2.22. The average Bonchev–Trinajstić information content (AvgIpc) is 2.75. The molecule has 0 saturated carbocycles. The molecule has 1 unspecified atom stereocenters. The van der Waals surface area contributed by atoms with Crippen LogP contribution in [-0.2, 0) is 10.1 Å². The van der Waals surface area contributed by atoms with Gasteiger partial charge in [0.05, 0.1) is 17.6 Å². The van der Waals surface area contributed by atoms with E-state index in [4.69, 9.17) is 10.3 Å². The fourth-order valence-electron chi connectivity index (χ4n) is 1.26. The number of amidine groups is 1. The van der Waals surface area contributed by atoms with Crippen LogP contribution in [0.15, 0.2) is 34.2 Å². The summed E-state index contributed by atoms with van der Waals surface area (Å²) in [4.78, 5) is 4.01. The standard InChI is InChI=1S/C7H8O3S.C4H9N3S/c1-6-2-4-7(5-3-6)11(8,9)10;1-8-4-6-2-3(5)7-4/h2-5H,1H3,(H,8,9,10);3H,2,5H2,1H3,(H,6,7). The van der Waals surface area contributed by atoms with Crippen molar-refractivity contribution in [2.75, 3.05) is 12.8 Å². The zero-order chi connectivity index (χ0) is 14.5. The number of nitrogens with two attached hydrogens (primary N) is 1. The van der Waals surface area contributed by atoms with Gasteiger partial charge in [-0.25, -0.2) is 0 Å². The van der Waals surface area contributed by atoms with E-state index in [0.29, 0.717) is 0 Å². The second-order valence-electron chi connectivity index (χ2n) is 3.89. The van der Waals surface area contributed by atoms with Gasteiger partial charge < -0.3 is 11.1 Å². The molecule has 6 nitrogen and oxygen atoms in total. The highest BCUT2D eigenvalue weighted by Crippen LogP contribution is 2.08. The molecule has 0 aliphatic carbocycles. The summed E-state index contributed by atoms with van der Waals surface area (Å²) in [5, 5.41) is 3.95. The largest absolute Gasteiger partial charge is 0.348 e. The van der Waals surface area contributed by atoms with E-state index in [0.717, 1.165) is 17.3 Å². The Morgan fingerprint density at radius 1 is 1.42 bits per heavy atom. The summed E-state index contributed by atoms with van der Waals surface area (Å²) in [5.41, 5.74) is 6.42. The zero-order valence-corrected chi connectivity index (χ0v) is 12.3. The molecule has 0 bridgehead atoms. The van der Waals surface area contributed by atoms with E-state index in [1.54, 1.807) is 23.9 Å². The summed E-state index contributed by atoms with van der Waals surface area (Å²) in [5.74, 6) is 0. The van der Waals surface area contributed by atoms with E-state index < -0.39 is 10.1 Å². The maximum atomic E-state index is 10.5. The molecule has 0 amide bonds. The topological polar surface area (TPSA) is 105 Å². The van der Waals surface area contributed by atoms with Crippen LogP contribution in [0.5, 0.6) is 0 Å². The maximum Gasteiger partial charge on any atom is 0.294 e. The van der Waals surface area contributed by atoms with Crippen LogP contribution in [0.25, 0.3) is 0 Å². The molecule has 1 aromatic carbocycles. The first-order valence-corrected chi connectivity index (χ1v) is 8.14. The molecule has 2 rings (SSSR count). The van der Waals surface area contributed by atoms with Crippen molar-refractivity contribution in [2.45, 2.75) is 18.0 Å². The van der Waals surface area contributed by atoms with Crippen LogP contribution >= 0.6 is 11.8 Å². The molecule has 1 aliphatic heterocycles. The van der Waals surface area contributed by atoms with Gasteiger partial charge in [0.1, 0.15) is 0 Å². The number of nitrogens with zero attached hydrogens (tertiary/aromatic N) is 1. The van der Waals surface area contributed by atoms with Crippen molar-refractivity contribution in [1.82, 2.24) is 5.32 Å². The highest BCUT2D eigenvalue weighted by Gasteiger charge is 2.10. The third-order valence-corrected chi connectivity index (χ3v) is 3.75. The highest BCUT2D eigenvalue weighted by atomic mass is 32.2. The quantitative estimate of drug-likeness (QED) is 0.664. The SMILES string of the molecule is CSC1=NCC(N)N1.Cc1ccc(S(=O)(=O)O)cc1. The van der Waals surface area contributed by atoms with Gasteiger partial charge in [-0.2, -0.15) is 8.42 Å². The third-order valence-electron chi connectivity index (χ3n) is 2.25. The van der Waals surface area contributed by atoms with Crippen molar-refractivity contribution in [3.05, 3.63) is 29.8 Å². The van der Waals surface area contributed by atoms with Crippen molar-refractivity contribution in [1.29, 1.82) is 0 Å². The van der Waals surface area contributed by atoms with Crippen LogP contribution in [0.4, 0.5) is 0 Å². The smallest absolute Gasteiger partial charge is 0.294 e. The second-order valence-corrected chi connectivity index (χ2v) is 6.11. The molecule has 0 spiro atoms. The molecule has 0 fully saturated rings. The second kappa shape index (κ2) is 6.90. The first-order chi connectivity index (χ1) is 8.82. The van der Waals surface area contributed by atoms with Gasteiger partial charge in [0.15, 0.2) is 5.17 Å². The molecule has 8 heteroatoms. The average molecular weight is 303 g/mol. The highest BCUT2D eigenvalue weighted by molar-refractivity contribution is 8.13. The monoisotopic (exact) mass is 303 g/mol. The molecular weight excluding hydrogens is 286 g/mol. The van der Waals surface area contributed by atoms with Gasteiger partial charge in [-0.15, -0.1) is 0 Å². The summed E-state index contributed by atoms with van der Waals surface area (Å²) < 4.78 is 29.6. The van der Waals surface area contributed by atoms with Crippen LogP contribution < -0.4 is 11.1 Å². The Labute approximate surface area is 117 Å². The van der Waals surface area contributed by atoms with Crippen LogP contribution in [0.3, 0.4) is 0 Å². The van der Waals surface area contributed by atoms with Crippen LogP contribution in [0, 0.1) is 6.92 Å². The lowest BCUT2D eigenvalue weighted by Crippen LogP contribution is -2.36. The van der Waals surface area contributed by atoms with Gasteiger partial charge in [-0.1, -0.05) is 29.5 Å². The molecule has 1 heterocycles. The van der Waals surface area contributed by atoms with E-state index in [9.17, 15) is 8.42 Å². The molecule has 0 radical (unpaired) electrons. The molecular formula is C11H17N3O3S2. The summed E-state index contributed by atoms with van der Waals surface area (Å²) in [7, 11) is -4.02. The first-order valence-electron chi connectivity index (χ1n) is 5.47. The summed E-state index contributed by atoms with van der Waals surface area (Å²) in [6.07, 6.45) is 2.03. The van der Waals surface area contributed by atoms with Gasteiger partial charge in [-0.05, 0) is 25.3 Å². The Hall–Kier alpha value is -1.09. The molecule has 19 heavy (non-hydrogen) atoms. The lowest BCUT2D eigenvalue weighted by Gasteiger charge is -2.00. The normalized spacial score (nSPS) is 18.1. The predicted octanol–water partition coefficient (Wildman–Crippen LogP) is 0.835. The van der Waals surface area contributed by atoms with Crippen molar-refractivity contribution >= 4 is 27.0 Å². The Morgan fingerprint density at radius 2 is 2.00 bits per heavy atom. The number of hydrogen-bond acceptors (Lipinski definition) is 6. The molecule has 0 saturated heterocycles. The lowest BCUT2D eigenvalue weighted by molar-refractivity contribution is 0.483. The molecule has 1 aliphatic rings. The Morgan fingerprint density at radius 3 is 2.32 bits per heavy atom.